The molecule has 2 aliphatic heterocycles. The van der Waals surface area contributed by atoms with Crippen molar-refractivity contribution < 1.29 is 37.4 Å². The molecule has 5 unspecified atom stereocenters. The monoisotopic (exact) mass is 1010 g/mol. The van der Waals surface area contributed by atoms with E-state index >= 15 is 0 Å². The molecule has 3 amide bonds. The number of nitrogens with one attached hydrogen (secondary N) is 3. The Kier molecular flexibility index (Phi) is 17.2. The molecule has 2 fully saturated rings. The lowest BCUT2D eigenvalue weighted by Crippen LogP contribution is -2.57. The van der Waals surface area contributed by atoms with Crippen molar-refractivity contribution in [2.45, 2.75) is 142 Å². The molecule has 0 saturated carbocycles. The van der Waals surface area contributed by atoms with Gasteiger partial charge in [0.2, 0.25) is 17.7 Å². The molecule has 7 rings (SSSR count). The Balaban J connectivity index is 0.867. The highest BCUT2D eigenvalue weighted by Crippen LogP contribution is 2.40. The number of carbonyl (C=O) groups is 3. The number of amides is 3. The van der Waals surface area contributed by atoms with Crippen molar-refractivity contribution in [3.05, 3.63) is 93.9 Å². The van der Waals surface area contributed by atoms with Gasteiger partial charge in [0.15, 0.2) is 0 Å². The fraction of sp³-hybridized carbons (Fsp3) is 0.519. The van der Waals surface area contributed by atoms with E-state index in [0.29, 0.717) is 29.1 Å². The molecular weight excluding hydrogens is 944 g/mol. The fourth-order valence-corrected chi connectivity index (χ4v) is 10.8. The van der Waals surface area contributed by atoms with Crippen LogP contribution in [0.25, 0.3) is 21.3 Å². The van der Waals surface area contributed by atoms with Gasteiger partial charge in [-0.3, -0.25) is 14.4 Å². The maximum Gasteiger partial charge on any atom is 0.416 e. The van der Waals surface area contributed by atoms with Gasteiger partial charge in [-0.2, -0.15) is 13.2 Å². The lowest BCUT2D eigenvalue weighted by molar-refractivity contribution is -0.144. The molecule has 5 aromatic rings. The molecule has 0 radical (unpaired) electrons. The van der Waals surface area contributed by atoms with Crippen LogP contribution in [0.5, 0.6) is 5.75 Å². The number of ether oxygens (including phenoxy) is 1. The molecule has 0 spiro atoms. The number of β-amino-alcohol motifs (C(OH)–C–C–N with tert-alkyl or cyclic N) is 1. The lowest BCUT2D eigenvalue weighted by atomic mass is 9.85. The molecular formula is C54H70F3N9O5S. The zero-order chi connectivity index (χ0) is 52.1. The molecule has 18 heteroatoms. The third-order valence-electron chi connectivity index (χ3n) is 14.0. The summed E-state index contributed by atoms with van der Waals surface area (Å²) in [6, 6.07) is 12.9. The van der Waals surface area contributed by atoms with E-state index in [9.17, 15) is 32.7 Å². The normalized spacial score (nSPS) is 18.2. The van der Waals surface area contributed by atoms with Gasteiger partial charge < -0.3 is 41.3 Å². The number of piperidine rings is 1. The molecule has 2 aromatic heterocycles. The zero-order valence-electron chi connectivity index (χ0n) is 42.7. The first-order chi connectivity index (χ1) is 34.1. The zero-order valence-corrected chi connectivity index (χ0v) is 43.5. The van der Waals surface area contributed by atoms with Crippen molar-refractivity contribution >= 4 is 51.5 Å². The number of nitrogens with two attached hydrogens (primary N) is 1. The lowest BCUT2D eigenvalue weighted by Gasteiger charge is -2.35. The van der Waals surface area contributed by atoms with E-state index in [0.717, 1.165) is 102 Å². The Morgan fingerprint density at radius 3 is 2.28 bits per heavy atom. The summed E-state index contributed by atoms with van der Waals surface area (Å²) in [6.45, 7) is 15.8. The average molecular weight is 1010 g/mol. The second-order valence-electron chi connectivity index (χ2n) is 20.6. The highest BCUT2D eigenvalue weighted by molar-refractivity contribution is 7.13. The average Bonchev–Trinajstić information content (AvgIpc) is 3.95. The Hall–Kier alpha value is -5.85. The van der Waals surface area contributed by atoms with Gasteiger partial charge in [-0.05, 0) is 131 Å². The van der Waals surface area contributed by atoms with Gasteiger partial charge in [-0.1, -0.05) is 57.9 Å². The summed E-state index contributed by atoms with van der Waals surface area (Å²) in [4.78, 5) is 59.9. The van der Waals surface area contributed by atoms with E-state index in [4.69, 9.17) is 10.5 Å². The number of likely N-dealkylation sites (tertiary alicyclic amines) is 2. The molecule has 388 valence electrons. The van der Waals surface area contributed by atoms with Crippen molar-refractivity contribution in [2.24, 2.45) is 5.41 Å². The number of halogens is 3. The summed E-state index contributed by atoms with van der Waals surface area (Å²) in [5.41, 5.74) is 11.3. The van der Waals surface area contributed by atoms with Crippen LogP contribution in [0.3, 0.4) is 0 Å². The Morgan fingerprint density at radius 2 is 1.62 bits per heavy atom. The number of unbranched alkanes of at least 4 members (excludes halogenated alkanes) is 3. The number of alkyl halides is 3. The number of thiazole rings is 1. The number of benzene rings is 3. The predicted molar refractivity (Wildman–Crippen MR) is 277 cm³/mol. The largest absolute Gasteiger partial charge is 0.496 e. The van der Waals surface area contributed by atoms with Gasteiger partial charge in [0.25, 0.3) is 0 Å². The van der Waals surface area contributed by atoms with E-state index in [-0.39, 0.29) is 54.8 Å². The Bertz CT molecular complexity index is 2700. The number of anilines is 2. The number of methoxy groups -OCH3 is 1. The van der Waals surface area contributed by atoms with Crippen LogP contribution in [-0.4, -0.2) is 99.1 Å². The van der Waals surface area contributed by atoms with E-state index in [1.165, 1.54) is 11.0 Å². The smallest absolute Gasteiger partial charge is 0.416 e. The van der Waals surface area contributed by atoms with E-state index in [1.54, 1.807) is 32.3 Å². The molecule has 2 saturated heterocycles. The van der Waals surface area contributed by atoms with Gasteiger partial charge >= 0.3 is 6.18 Å². The summed E-state index contributed by atoms with van der Waals surface area (Å²) in [7, 11) is 1.64. The van der Waals surface area contributed by atoms with E-state index in [1.807, 2.05) is 70.5 Å². The molecule has 72 heavy (non-hydrogen) atoms. The maximum absolute atomic E-state index is 14.2. The van der Waals surface area contributed by atoms with Crippen LogP contribution in [0.4, 0.5) is 24.7 Å². The van der Waals surface area contributed by atoms with Crippen LogP contribution in [0.15, 0.2) is 60.1 Å². The Morgan fingerprint density at radius 1 is 0.917 bits per heavy atom. The van der Waals surface area contributed by atoms with E-state index < -0.39 is 41.4 Å². The van der Waals surface area contributed by atoms with Gasteiger partial charge in [-0.15, -0.1) is 11.3 Å². The van der Waals surface area contributed by atoms with Crippen molar-refractivity contribution in [2.75, 3.05) is 44.3 Å². The topological polar surface area (TPSA) is 188 Å². The van der Waals surface area contributed by atoms with Gasteiger partial charge in [-0.25, -0.2) is 15.0 Å². The second kappa shape index (κ2) is 22.9. The number of aromatic nitrogens is 3. The van der Waals surface area contributed by atoms with Crippen LogP contribution in [-0.2, 0) is 20.6 Å². The van der Waals surface area contributed by atoms with Crippen LogP contribution in [0, 0.1) is 19.3 Å². The number of nitrogens with zero attached hydrogens (tertiary/aromatic N) is 5. The number of fused-ring (bicyclic) bond motifs is 1. The molecule has 14 nitrogen and oxygen atoms in total. The molecule has 4 heterocycles. The second-order valence-corrected chi connectivity index (χ2v) is 21.5. The summed E-state index contributed by atoms with van der Waals surface area (Å²) in [6.07, 6.45) is 0.270. The van der Waals surface area contributed by atoms with Crippen LogP contribution in [0.1, 0.15) is 138 Å². The molecule has 5 atom stereocenters. The number of nitrogen functional groups attached to an aromatic ring is 1. The first-order valence-electron chi connectivity index (χ1n) is 25.0. The number of hydrogen-bond acceptors (Lipinski definition) is 12. The summed E-state index contributed by atoms with van der Waals surface area (Å²) in [5.74, 6) is 1.03. The van der Waals surface area contributed by atoms with E-state index in [2.05, 4.69) is 41.9 Å². The number of aryl methyl sites for hydroxylation is 2. The fourth-order valence-electron chi connectivity index (χ4n) is 9.96. The highest BCUT2D eigenvalue weighted by Gasteiger charge is 2.45. The van der Waals surface area contributed by atoms with Gasteiger partial charge in [0, 0.05) is 36.5 Å². The van der Waals surface area contributed by atoms with Crippen molar-refractivity contribution in [1.82, 2.24) is 35.4 Å². The summed E-state index contributed by atoms with van der Waals surface area (Å²) in [5, 5.41) is 20.8. The third kappa shape index (κ3) is 13.2. The van der Waals surface area contributed by atoms with Crippen LogP contribution >= 0.6 is 11.3 Å². The minimum absolute atomic E-state index is 0.00735. The number of carbonyl (C=O) groups excluding carboxylic acids is 3. The summed E-state index contributed by atoms with van der Waals surface area (Å²) >= 11 is 1.58. The van der Waals surface area contributed by atoms with Crippen LogP contribution in [0.2, 0.25) is 0 Å². The molecule has 0 aliphatic carbocycles. The molecule has 3 aromatic carbocycles. The van der Waals surface area contributed by atoms with Gasteiger partial charge in [0.05, 0.1) is 52.5 Å². The van der Waals surface area contributed by atoms with Crippen molar-refractivity contribution in [3.63, 3.8) is 0 Å². The third-order valence-corrected chi connectivity index (χ3v) is 15.0. The predicted octanol–water partition coefficient (Wildman–Crippen LogP) is 9.65. The van der Waals surface area contributed by atoms with Crippen LogP contribution < -0.4 is 26.4 Å². The van der Waals surface area contributed by atoms with Crippen molar-refractivity contribution in [1.29, 1.82) is 0 Å². The maximum atomic E-state index is 14.2. The van der Waals surface area contributed by atoms with Crippen molar-refractivity contribution in [3.8, 4) is 16.2 Å². The minimum Gasteiger partial charge on any atom is -0.496 e. The first-order valence-corrected chi connectivity index (χ1v) is 25.9. The standard InChI is InChI=1S/C54H70F3N9O5S/c1-31(35-14-16-37(17-15-35)48-33(3)59-30-72-48)61-51(69)45-26-41(67)29-66(45)52(70)49(53(5,6)7)64-47(68)13-11-9-10-12-20-65-21-18-36(19-22-65)42-27-43-44(28-46(42)71-8)62-34(4)63-50(43)60-32(2)38-23-39(54(55,56)57)25-40(58)24-38/h14-17,23-25,27-28,30-32,36,41,45,49,67H,9-13,18-22,26,29,58H2,1-8H3,(H,61,69)(H,64,68)(H,60,62,63). The molecule has 2 aliphatic rings. The highest BCUT2D eigenvalue weighted by atomic mass is 32.1. The molecule has 0 bridgehead atoms. The number of rotatable bonds is 18. The quantitative estimate of drug-likeness (QED) is 0.0416. The number of hydrogen-bond donors (Lipinski definition) is 5. The van der Waals surface area contributed by atoms with Gasteiger partial charge in [0.1, 0.15) is 29.5 Å². The number of aliphatic hydroxyl groups excluding tert-OH is 1. The minimum atomic E-state index is -4.53. The first kappa shape index (κ1) is 53.9. The Labute approximate surface area is 424 Å². The SMILES string of the molecule is COc1cc2nc(C)nc(NC(C)c3cc(N)cc(C(F)(F)F)c3)c2cc1C1CCN(CCCCCCC(=O)NC(C(=O)N2CC(O)CC2C(=O)NC(C)c2ccc(-c3scnc3C)cc2)C(C)(C)C)CC1. The summed E-state index contributed by atoms with van der Waals surface area (Å²) < 4.78 is 46.7. The molecule has 6 N–H and O–H groups in total. The number of aliphatic hydroxyl groups is 1.